The highest BCUT2D eigenvalue weighted by Gasteiger charge is 2.38. The van der Waals surface area contributed by atoms with Gasteiger partial charge in [-0.25, -0.2) is 0 Å². The van der Waals surface area contributed by atoms with Crippen molar-refractivity contribution in [3.05, 3.63) is 0 Å². The molecule has 2 heterocycles. The highest BCUT2D eigenvalue weighted by molar-refractivity contribution is 5.67. The van der Waals surface area contributed by atoms with E-state index in [0.29, 0.717) is 6.61 Å². The van der Waals surface area contributed by atoms with E-state index in [4.69, 9.17) is 14.6 Å². The molecule has 0 aliphatic carbocycles. The van der Waals surface area contributed by atoms with Crippen molar-refractivity contribution < 1.29 is 19.4 Å². The van der Waals surface area contributed by atoms with E-state index in [1.54, 1.807) is 0 Å². The summed E-state index contributed by atoms with van der Waals surface area (Å²) in [5, 5.41) is 8.84. The van der Waals surface area contributed by atoms with E-state index in [-0.39, 0.29) is 17.9 Å². The SMILES string of the molecule is O=C(O)CC1CCOC2(CCCOCC2)C1. The van der Waals surface area contributed by atoms with Crippen LogP contribution in [0.1, 0.15) is 38.5 Å². The number of hydrogen-bond donors (Lipinski definition) is 1. The quantitative estimate of drug-likeness (QED) is 0.783. The minimum absolute atomic E-state index is 0.0884. The Balaban J connectivity index is 1.95. The first kappa shape index (κ1) is 11.9. The van der Waals surface area contributed by atoms with Crippen molar-refractivity contribution in [2.45, 2.75) is 44.1 Å². The van der Waals surface area contributed by atoms with Crippen LogP contribution in [0.3, 0.4) is 0 Å². The second-order valence-corrected chi connectivity index (χ2v) is 4.95. The third-order valence-electron chi connectivity index (χ3n) is 3.68. The molecular formula is C12H20O4. The van der Waals surface area contributed by atoms with Gasteiger partial charge in [0.2, 0.25) is 0 Å². The van der Waals surface area contributed by atoms with Gasteiger partial charge in [-0.3, -0.25) is 4.79 Å². The van der Waals surface area contributed by atoms with E-state index in [2.05, 4.69) is 0 Å². The van der Waals surface area contributed by atoms with Crippen LogP contribution in [0.15, 0.2) is 0 Å². The Morgan fingerprint density at radius 1 is 1.31 bits per heavy atom. The Morgan fingerprint density at radius 2 is 2.19 bits per heavy atom. The van der Waals surface area contributed by atoms with Crippen LogP contribution in [0.2, 0.25) is 0 Å². The second kappa shape index (κ2) is 5.15. The Kier molecular flexibility index (Phi) is 3.82. The summed E-state index contributed by atoms with van der Waals surface area (Å²) >= 11 is 0. The average Bonchev–Trinajstić information content (AvgIpc) is 2.43. The zero-order valence-electron chi connectivity index (χ0n) is 9.61. The van der Waals surface area contributed by atoms with Crippen molar-refractivity contribution >= 4 is 5.97 Å². The van der Waals surface area contributed by atoms with Gasteiger partial charge in [0.25, 0.3) is 0 Å². The van der Waals surface area contributed by atoms with E-state index < -0.39 is 5.97 Å². The number of carbonyl (C=O) groups is 1. The van der Waals surface area contributed by atoms with Crippen LogP contribution in [0, 0.1) is 5.92 Å². The van der Waals surface area contributed by atoms with Crippen molar-refractivity contribution in [3.63, 3.8) is 0 Å². The van der Waals surface area contributed by atoms with E-state index in [1.165, 1.54) is 0 Å². The topological polar surface area (TPSA) is 55.8 Å². The molecule has 2 aliphatic heterocycles. The molecular weight excluding hydrogens is 208 g/mol. The number of aliphatic carboxylic acids is 1. The summed E-state index contributed by atoms with van der Waals surface area (Å²) in [5.41, 5.74) is -0.0884. The Labute approximate surface area is 95.9 Å². The van der Waals surface area contributed by atoms with Gasteiger partial charge in [0.1, 0.15) is 0 Å². The molecule has 0 aromatic heterocycles. The van der Waals surface area contributed by atoms with Gasteiger partial charge in [0.05, 0.1) is 5.60 Å². The van der Waals surface area contributed by atoms with Gasteiger partial charge in [0.15, 0.2) is 0 Å². The first-order chi connectivity index (χ1) is 7.70. The average molecular weight is 228 g/mol. The van der Waals surface area contributed by atoms with Gasteiger partial charge < -0.3 is 14.6 Å². The molecule has 0 saturated carbocycles. The molecule has 1 N–H and O–H groups in total. The predicted molar refractivity (Wildman–Crippen MR) is 58.3 cm³/mol. The molecule has 4 heteroatoms. The number of carboxylic acids is 1. The summed E-state index contributed by atoms with van der Waals surface area (Å²) in [7, 11) is 0. The van der Waals surface area contributed by atoms with Crippen molar-refractivity contribution in [2.75, 3.05) is 19.8 Å². The monoisotopic (exact) mass is 228 g/mol. The smallest absolute Gasteiger partial charge is 0.303 e. The third kappa shape index (κ3) is 2.95. The van der Waals surface area contributed by atoms with E-state index in [1.807, 2.05) is 0 Å². The molecule has 0 aromatic carbocycles. The molecule has 2 atom stereocenters. The fourth-order valence-corrected chi connectivity index (χ4v) is 2.88. The van der Waals surface area contributed by atoms with Crippen LogP contribution < -0.4 is 0 Å². The first-order valence-electron chi connectivity index (χ1n) is 6.14. The highest BCUT2D eigenvalue weighted by Crippen LogP contribution is 2.38. The fourth-order valence-electron chi connectivity index (χ4n) is 2.88. The van der Waals surface area contributed by atoms with Crippen LogP contribution in [0.25, 0.3) is 0 Å². The maximum atomic E-state index is 10.7. The third-order valence-corrected chi connectivity index (χ3v) is 3.68. The maximum absolute atomic E-state index is 10.7. The van der Waals surface area contributed by atoms with E-state index in [0.717, 1.165) is 45.3 Å². The minimum atomic E-state index is -0.688. The highest BCUT2D eigenvalue weighted by atomic mass is 16.5. The number of ether oxygens (including phenoxy) is 2. The number of hydrogen-bond acceptors (Lipinski definition) is 3. The largest absolute Gasteiger partial charge is 0.481 e. The maximum Gasteiger partial charge on any atom is 0.303 e. The molecule has 0 amide bonds. The fraction of sp³-hybridized carbons (Fsp3) is 0.917. The minimum Gasteiger partial charge on any atom is -0.481 e. The molecule has 92 valence electrons. The summed E-state index contributed by atoms with van der Waals surface area (Å²) in [6.07, 6.45) is 5.02. The molecule has 0 radical (unpaired) electrons. The summed E-state index contributed by atoms with van der Waals surface area (Å²) in [6.45, 7) is 2.27. The normalized spacial score (nSPS) is 35.9. The molecule has 2 unspecified atom stereocenters. The summed E-state index contributed by atoms with van der Waals surface area (Å²) in [4.78, 5) is 10.7. The molecule has 2 rings (SSSR count). The van der Waals surface area contributed by atoms with Crippen LogP contribution in [-0.4, -0.2) is 36.5 Å². The van der Waals surface area contributed by atoms with Crippen molar-refractivity contribution in [1.82, 2.24) is 0 Å². The lowest BCUT2D eigenvalue weighted by molar-refractivity contribution is -0.142. The number of rotatable bonds is 2. The molecule has 4 nitrogen and oxygen atoms in total. The summed E-state index contributed by atoms with van der Waals surface area (Å²) in [6, 6.07) is 0. The standard InChI is InChI=1S/C12H20O4/c13-11(14)8-10-2-6-16-12(9-10)3-1-5-15-7-4-12/h10H,1-9H2,(H,13,14). The molecule has 2 saturated heterocycles. The van der Waals surface area contributed by atoms with Gasteiger partial charge in [0, 0.05) is 26.2 Å². The lowest BCUT2D eigenvalue weighted by Gasteiger charge is -2.40. The zero-order chi connectivity index (χ0) is 11.4. The molecule has 1 spiro atoms. The van der Waals surface area contributed by atoms with Crippen molar-refractivity contribution in [3.8, 4) is 0 Å². The second-order valence-electron chi connectivity index (χ2n) is 4.95. The van der Waals surface area contributed by atoms with Crippen molar-refractivity contribution in [1.29, 1.82) is 0 Å². The van der Waals surface area contributed by atoms with E-state index >= 15 is 0 Å². The summed E-state index contributed by atoms with van der Waals surface area (Å²) in [5.74, 6) is -0.406. The lowest BCUT2D eigenvalue weighted by Crippen LogP contribution is -2.40. The molecule has 0 bridgehead atoms. The summed E-state index contributed by atoms with van der Waals surface area (Å²) < 4.78 is 11.4. The lowest BCUT2D eigenvalue weighted by atomic mass is 9.80. The van der Waals surface area contributed by atoms with Crippen LogP contribution >= 0.6 is 0 Å². The first-order valence-corrected chi connectivity index (χ1v) is 6.14. The molecule has 2 aliphatic rings. The van der Waals surface area contributed by atoms with Crippen LogP contribution in [-0.2, 0) is 14.3 Å². The van der Waals surface area contributed by atoms with Gasteiger partial charge in [-0.05, 0) is 38.0 Å². The molecule has 2 fully saturated rings. The van der Waals surface area contributed by atoms with Crippen LogP contribution in [0.4, 0.5) is 0 Å². The van der Waals surface area contributed by atoms with Gasteiger partial charge >= 0.3 is 5.97 Å². The van der Waals surface area contributed by atoms with Crippen LogP contribution in [0.5, 0.6) is 0 Å². The van der Waals surface area contributed by atoms with Gasteiger partial charge in [-0.1, -0.05) is 0 Å². The molecule has 16 heavy (non-hydrogen) atoms. The number of carboxylic acid groups (broad SMARTS) is 1. The Morgan fingerprint density at radius 3 is 3.00 bits per heavy atom. The predicted octanol–water partition coefficient (Wildman–Crippen LogP) is 1.83. The van der Waals surface area contributed by atoms with Gasteiger partial charge in [-0.15, -0.1) is 0 Å². The molecule has 0 aromatic rings. The van der Waals surface area contributed by atoms with Gasteiger partial charge in [-0.2, -0.15) is 0 Å². The zero-order valence-corrected chi connectivity index (χ0v) is 9.61. The Hall–Kier alpha value is -0.610. The Bertz CT molecular complexity index is 243. The van der Waals surface area contributed by atoms with E-state index in [9.17, 15) is 4.79 Å². The van der Waals surface area contributed by atoms with Crippen molar-refractivity contribution in [2.24, 2.45) is 5.92 Å².